The van der Waals surface area contributed by atoms with E-state index in [2.05, 4.69) is 23.7 Å². The van der Waals surface area contributed by atoms with Crippen LogP contribution in [0, 0.1) is 6.92 Å². The lowest BCUT2D eigenvalue weighted by atomic mass is 9.98. The Morgan fingerprint density at radius 3 is 2.21 bits per heavy atom. The maximum atomic E-state index is 13.1. The standard InChI is InChI=1S/C28H37N3O3/c1-4-6-17-30(18-7-5-2)19-10-20-31-25(23-11-8-9-16-29-23)24(27(33)28(31)34)26(32)22-14-12-21(3)13-15-22/h8-9,11-16,25,32H,4-7,10,17-20H2,1-3H3/b26-24-. The molecule has 1 aliphatic heterocycles. The lowest BCUT2D eigenvalue weighted by Crippen LogP contribution is -2.34. The number of Topliss-reactive ketones (excluding diaryl/α,β-unsaturated/α-hetero) is 1. The topological polar surface area (TPSA) is 73.7 Å². The fourth-order valence-corrected chi connectivity index (χ4v) is 4.39. The molecule has 182 valence electrons. The first-order chi connectivity index (χ1) is 16.5. The summed E-state index contributed by atoms with van der Waals surface area (Å²) in [4.78, 5) is 34.7. The van der Waals surface area contributed by atoms with Crippen LogP contribution in [0.15, 0.2) is 54.2 Å². The van der Waals surface area contributed by atoms with Crippen LogP contribution in [0.2, 0.25) is 0 Å². The quantitative estimate of drug-likeness (QED) is 0.269. The second kappa shape index (κ2) is 12.5. The summed E-state index contributed by atoms with van der Waals surface area (Å²) in [5.41, 5.74) is 2.27. The van der Waals surface area contributed by atoms with Crippen LogP contribution in [0.1, 0.15) is 68.8 Å². The Kier molecular flexibility index (Phi) is 9.40. The van der Waals surface area contributed by atoms with Crippen LogP contribution in [-0.2, 0) is 9.59 Å². The van der Waals surface area contributed by atoms with E-state index in [-0.39, 0.29) is 11.3 Å². The Labute approximate surface area is 203 Å². The summed E-state index contributed by atoms with van der Waals surface area (Å²) in [5.74, 6) is -1.37. The van der Waals surface area contributed by atoms with Gasteiger partial charge < -0.3 is 14.9 Å². The number of hydrogen-bond donors (Lipinski definition) is 1. The number of ketones is 1. The Morgan fingerprint density at radius 2 is 1.62 bits per heavy atom. The van der Waals surface area contributed by atoms with Crippen molar-refractivity contribution in [3.05, 3.63) is 71.1 Å². The van der Waals surface area contributed by atoms with Gasteiger partial charge in [0.1, 0.15) is 11.8 Å². The summed E-state index contributed by atoms with van der Waals surface area (Å²) in [6.45, 7) is 9.75. The SMILES string of the molecule is CCCCN(CCCC)CCCN1C(=O)C(=O)/C(=C(\O)c2ccc(C)cc2)C1c1ccccn1. The zero-order valence-electron chi connectivity index (χ0n) is 20.7. The van der Waals surface area contributed by atoms with Gasteiger partial charge in [-0.15, -0.1) is 0 Å². The molecule has 1 atom stereocenters. The average Bonchev–Trinajstić information content (AvgIpc) is 3.11. The second-order valence-electron chi connectivity index (χ2n) is 9.02. The van der Waals surface area contributed by atoms with E-state index < -0.39 is 17.7 Å². The van der Waals surface area contributed by atoms with E-state index >= 15 is 0 Å². The number of hydrogen-bond acceptors (Lipinski definition) is 5. The highest BCUT2D eigenvalue weighted by Gasteiger charge is 2.46. The molecule has 0 radical (unpaired) electrons. The maximum absolute atomic E-state index is 13.1. The molecule has 1 fully saturated rings. The summed E-state index contributed by atoms with van der Waals surface area (Å²) >= 11 is 0. The van der Waals surface area contributed by atoms with Gasteiger partial charge in [-0.05, 0) is 58.0 Å². The van der Waals surface area contributed by atoms with Gasteiger partial charge in [-0.1, -0.05) is 62.6 Å². The number of carbonyl (C=O) groups excluding carboxylic acids is 2. The van der Waals surface area contributed by atoms with Crippen LogP contribution in [0.25, 0.3) is 5.76 Å². The highest BCUT2D eigenvalue weighted by Crippen LogP contribution is 2.38. The van der Waals surface area contributed by atoms with Gasteiger partial charge in [0, 0.05) is 18.3 Å². The van der Waals surface area contributed by atoms with Gasteiger partial charge in [0.2, 0.25) is 0 Å². The summed E-state index contributed by atoms with van der Waals surface area (Å²) in [7, 11) is 0. The van der Waals surface area contributed by atoms with Gasteiger partial charge >= 0.3 is 0 Å². The number of aliphatic hydroxyl groups excluding tert-OH is 1. The van der Waals surface area contributed by atoms with Crippen molar-refractivity contribution in [2.75, 3.05) is 26.2 Å². The highest BCUT2D eigenvalue weighted by molar-refractivity contribution is 6.46. The van der Waals surface area contributed by atoms with Crippen molar-refractivity contribution in [3.63, 3.8) is 0 Å². The van der Waals surface area contributed by atoms with Gasteiger partial charge in [0.25, 0.3) is 11.7 Å². The molecule has 6 nitrogen and oxygen atoms in total. The fourth-order valence-electron chi connectivity index (χ4n) is 4.39. The highest BCUT2D eigenvalue weighted by atomic mass is 16.3. The zero-order valence-corrected chi connectivity index (χ0v) is 20.7. The Bertz CT molecular complexity index is 978. The largest absolute Gasteiger partial charge is 0.507 e. The summed E-state index contributed by atoms with van der Waals surface area (Å²) in [6, 6.07) is 12.0. The smallest absolute Gasteiger partial charge is 0.295 e. The molecule has 0 saturated carbocycles. The number of aryl methyl sites for hydroxylation is 1. The van der Waals surface area contributed by atoms with E-state index in [0.717, 1.165) is 57.3 Å². The van der Waals surface area contributed by atoms with Crippen LogP contribution in [0.4, 0.5) is 0 Å². The molecule has 34 heavy (non-hydrogen) atoms. The number of aromatic nitrogens is 1. The van der Waals surface area contributed by atoms with Gasteiger partial charge in [0.15, 0.2) is 0 Å². The van der Waals surface area contributed by atoms with E-state index in [1.807, 2.05) is 25.1 Å². The first-order valence-corrected chi connectivity index (χ1v) is 12.5. The summed E-state index contributed by atoms with van der Waals surface area (Å²) in [5, 5.41) is 11.1. The Morgan fingerprint density at radius 1 is 0.971 bits per heavy atom. The minimum Gasteiger partial charge on any atom is -0.507 e. The molecule has 0 aliphatic carbocycles. The van der Waals surface area contributed by atoms with Crippen molar-refractivity contribution < 1.29 is 14.7 Å². The van der Waals surface area contributed by atoms with Crippen molar-refractivity contribution in [2.24, 2.45) is 0 Å². The van der Waals surface area contributed by atoms with Crippen molar-refractivity contribution >= 4 is 17.4 Å². The van der Waals surface area contributed by atoms with Gasteiger partial charge in [-0.3, -0.25) is 14.6 Å². The fraction of sp³-hybridized carbons (Fsp3) is 0.464. The van der Waals surface area contributed by atoms with Gasteiger partial charge in [-0.25, -0.2) is 0 Å². The number of amides is 1. The Hall–Kier alpha value is -2.99. The number of likely N-dealkylation sites (tertiary alicyclic amines) is 1. The summed E-state index contributed by atoms with van der Waals surface area (Å²) < 4.78 is 0. The number of carbonyl (C=O) groups is 2. The third kappa shape index (κ3) is 6.11. The van der Waals surface area contributed by atoms with Crippen LogP contribution >= 0.6 is 0 Å². The van der Waals surface area contributed by atoms with Crippen LogP contribution in [0.3, 0.4) is 0 Å². The van der Waals surface area contributed by atoms with E-state index in [9.17, 15) is 14.7 Å². The molecule has 0 bridgehead atoms. The molecular weight excluding hydrogens is 426 g/mol. The monoisotopic (exact) mass is 463 g/mol. The minimum atomic E-state index is -0.692. The molecule has 2 heterocycles. The first-order valence-electron chi connectivity index (χ1n) is 12.5. The van der Waals surface area contributed by atoms with Gasteiger partial charge in [-0.2, -0.15) is 0 Å². The molecule has 6 heteroatoms. The molecule has 1 aromatic heterocycles. The van der Waals surface area contributed by atoms with Crippen molar-refractivity contribution in [1.82, 2.24) is 14.8 Å². The van der Waals surface area contributed by atoms with Crippen LogP contribution in [0.5, 0.6) is 0 Å². The molecule has 1 saturated heterocycles. The first kappa shape index (κ1) is 25.6. The molecule has 1 aromatic carbocycles. The molecule has 2 aromatic rings. The Balaban J connectivity index is 1.87. The molecule has 1 N–H and O–H groups in total. The lowest BCUT2D eigenvalue weighted by Gasteiger charge is -2.27. The number of unbranched alkanes of at least 4 members (excludes halogenated alkanes) is 2. The van der Waals surface area contributed by atoms with Crippen molar-refractivity contribution in [1.29, 1.82) is 0 Å². The number of rotatable bonds is 12. The number of pyridine rings is 1. The third-order valence-electron chi connectivity index (χ3n) is 6.36. The van der Waals surface area contributed by atoms with E-state index in [0.29, 0.717) is 17.8 Å². The predicted molar refractivity (Wildman–Crippen MR) is 135 cm³/mol. The molecule has 1 aliphatic rings. The van der Waals surface area contributed by atoms with Gasteiger partial charge in [0.05, 0.1) is 11.3 Å². The van der Waals surface area contributed by atoms with E-state index in [1.165, 1.54) is 0 Å². The third-order valence-corrected chi connectivity index (χ3v) is 6.36. The van der Waals surface area contributed by atoms with E-state index in [1.54, 1.807) is 35.4 Å². The predicted octanol–water partition coefficient (Wildman–Crippen LogP) is 5.10. The summed E-state index contributed by atoms with van der Waals surface area (Å²) in [6.07, 6.45) is 7.01. The number of aliphatic hydroxyl groups is 1. The maximum Gasteiger partial charge on any atom is 0.295 e. The molecule has 1 unspecified atom stereocenters. The van der Waals surface area contributed by atoms with Crippen molar-refractivity contribution in [2.45, 2.75) is 58.9 Å². The molecule has 0 spiro atoms. The normalized spacial score (nSPS) is 17.6. The molecular formula is C28H37N3O3. The number of benzene rings is 1. The average molecular weight is 464 g/mol. The van der Waals surface area contributed by atoms with Crippen LogP contribution < -0.4 is 0 Å². The molecule has 3 rings (SSSR count). The molecule has 1 amide bonds. The minimum absolute atomic E-state index is 0.112. The second-order valence-corrected chi connectivity index (χ2v) is 9.02. The lowest BCUT2D eigenvalue weighted by molar-refractivity contribution is -0.140. The van der Waals surface area contributed by atoms with Crippen molar-refractivity contribution in [3.8, 4) is 0 Å². The number of nitrogens with zero attached hydrogens (tertiary/aromatic N) is 3. The zero-order chi connectivity index (χ0) is 24.5. The van der Waals surface area contributed by atoms with E-state index in [4.69, 9.17) is 0 Å². The van der Waals surface area contributed by atoms with Crippen LogP contribution in [-0.4, -0.2) is 57.8 Å².